The molecule has 14 rings (SSSR count). The summed E-state index contributed by atoms with van der Waals surface area (Å²) in [6.45, 7) is 0. The van der Waals surface area contributed by atoms with Crippen molar-refractivity contribution in [2.45, 2.75) is 0 Å². The predicted octanol–water partition coefficient (Wildman–Crippen LogP) is 17.0. The lowest BCUT2D eigenvalue weighted by molar-refractivity contribution is 1.06. The highest BCUT2D eigenvalue weighted by molar-refractivity contribution is 6.13. The lowest BCUT2D eigenvalue weighted by Gasteiger charge is -2.17. The van der Waals surface area contributed by atoms with Gasteiger partial charge in [-0.3, -0.25) is 0 Å². The van der Waals surface area contributed by atoms with Crippen molar-refractivity contribution >= 4 is 43.6 Å². The Bertz CT molecular complexity index is 4910. The van der Waals surface area contributed by atoms with Crippen LogP contribution in [-0.4, -0.2) is 24.1 Å². The van der Waals surface area contributed by atoms with Crippen LogP contribution in [0, 0.1) is 68.0 Å². The van der Waals surface area contributed by atoms with Crippen molar-refractivity contribution in [2.24, 2.45) is 0 Å². The zero-order valence-electron chi connectivity index (χ0n) is 45.4. The van der Waals surface area contributed by atoms with Gasteiger partial charge in [0.15, 0.2) is 17.5 Å². The standard InChI is InChI=1S/C75H39N11/c76-40-46-22-32-67(85-69-36-49(57-18-8-4-14-53(57)42-78)24-28-61(69)62-29-25-50(37-70(62)85)58-19-9-5-15-54(58)43-79)65(34-46)74-82-73(48-12-2-1-3-13-48)83-75(84-74)66-35-47(41-77)23-33-68(66)86-71-38-51(59-20-10-6-16-55(59)44-80)26-30-63(71)64-31-27-52(39-72(64)86)60-21-11-7-17-56(60)45-81/h1-39H. The van der Waals surface area contributed by atoms with Gasteiger partial charge in [-0.15, -0.1) is 0 Å². The van der Waals surface area contributed by atoms with Gasteiger partial charge in [-0.05, 0) is 129 Å². The molecule has 11 aromatic carbocycles. The Labute approximate surface area is 493 Å². The van der Waals surface area contributed by atoms with Crippen LogP contribution in [0.1, 0.15) is 33.4 Å². The maximum atomic E-state index is 10.8. The first-order chi connectivity index (χ1) is 42.4. The summed E-state index contributed by atoms with van der Waals surface area (Å²) < 4.78 is 4.27. The molecule has 0 saturated carbocycles. The van der Waals surface area contributed by atoms with Crippen molar-refractivity contribution in [1.82, 2.24) is 24.1 Å². The Morgan fingerprint density at radius 3 is 0.860 bits per heavy atom. The van der Waals surface area contributed by atoms with Crippen molar-refractivity contribution in [1.29, 1.82) is 31.6 Å². The fourth-order valence-electron chi connectivity index (χ4n) is 11.8. The summed E-state index contributed by atoms with van der Waals surface area (Å²) in [6.07, 6.45) is 0. The smallest absolute Gasteiger partial charge is 0.166 e. The van der Waals surface area contributed by atoms with E-state index in [9.17, 15) is 31.6 Å². The minimum absolute atomic E-state index is 0.231. The Balaban J connectivity index is 1.07. The van der Waals surface area contributed by atoms with E-state index in [0.29, 0.717) is 67.3 Å². The third-order valence-corrected chi connectivity index (χ3v) is 15.9. The lowest BCUT2D eigenvalue weighted by atomic mass is 9.98. The number of hydrogen-bond acceptors (Lipinski definition) is 9. The highest BCUT2D eigenvalue weighted by Crippen LogP contribution is 2.44. The van der Waals surface area contributed by atoms with E-state index < -0.39 is 0 Å². The van der Waals surface area contributed by atoms with Gasteiger partial charge >= 0.3 is 0 Å². The number of fused-ring (bicyclic) bond motifs is 6. The molecule has 11 heteroatoms. The molecule has 0 aliphatic heterocycles. The topological polar surface area (TPSA) is 191 Å². The molecule has 3 heterocycles. The number of benzene rings is 11. The number of hydrogen-bond donors (Lipinski definition) is 0. The molecule has 14 aromatic rings. The Morgan fingerprint density at radius 2 is 0.547 bits per heavy atom. The van der Waals surface area contributed by atoms with Gasteiger partial charge in [0.05, 0.1) is 103 Å². The molecule has 0 saturated heterocycles. The van der Waals surface area contributed by atoms with Crippen LogP contribution in [0.4, 0.5) is 0 Å². The second-order valence-electron chi connectivity index (χ2n) is 20.6. The maximum Gasteiger partial charge on any atom is 0.166 e. The molecule has 0 aliphatic carbocycles. The third kappa shape index (κ3) is 8.60. The molecular weight excluding hydrogens is 1050 g/mol. The molecule has 0 aliphatic rings. The van der Waals surface area contributed by atoms with Crippen LogP contribution >= 0.6 is 0 Å². The van der Waals surface area contributed by atoms with Crippen molar-refractivity contribution in [3.05, 3.63) is 270 Å². The van der Waals surface area contributed by atoms with Crippen LogP contribution < -0.4 is 0 Å². The van der Waals surface area contributed by atoms with E-state index in [1.54, 1.807) is 48.5 Å². The Morgan fingerprint density at radius 1 is 0.244 bits per heavy atom. The van der Waals surface area contributed by atoms with Gasteiger partial charge in [-0.1, -0.05) is 152 Å². The Kier molecular flexibility index (Phi) is 12.6. The largest absolute Gasteiger partial charge is 0.308 e. The van der Waals surface area contributed by atoms with Crippen LogP contribution in [0.5, 0.6) is 0 Å². The molecule has 0 fully saturated rings. The van der Waals surface area contributed by atoms with Crippen LogP contribution in [0.2, 0.25) is 0 Å². The summed E-state index contributed by atoms with van der Waals surface area (Å²) in [5.41, 5.74) is 15.2. The lowest BCUT2D eigenvalue weighted by Crippen LogP contribution is -2.06. The monoisotopic (exact) mass is 1090 g/mol. The SMILES string of the molecule is N#Cc1ccc(-n2c3cc(-c4ccccc4C#N)ccc3c3ccc(-c4ccccc4C#N)cc32)c(-c2nc(-c3ccccc3)nc(-c3cc(C#N)ccc3-n3c4cc(-c5ccccc5C#N)ccc4c4ccc(-c5ccccc5C#N)cc43)n2)c1. The first-order valence-corrected chi connectivity index (χ1v) is 27.4. The fraction of sp³-hybridized carbons (Fsp3) is 0. The summed E-state index contributed by atoms with van der Waals surface area (Å²) in [7, 11) is 0. The van der Waals surface area contributed by atoms with Crippen LogP contribution in [0.25, 0.3) is 134 Å². The summed E-state index contributed by atoms with van der Waals surface area (Å²) in [6, 6.07) is 89.3. The average Bonchev–Trinajstić information content (AvgIpc) is 1.85. The predicted molar refractivity (Wildman–Crippen MR) is 335 cm³/mol. The number of nitrogens with zero attached hydrogens (tertiary/aromatic N) is 11. The van der Waals surface area contributed by atoms with Crippen molar-refractivity contribution in [2.75, 3.05) is 0 Å². The van der Waals surface area contributed by atoms with E-state index in [-0.39, 0.29) is 11.6 Å². The quantitative estimate of drug-likeness (QED) is 0.135. The molecule has 0 spiro atoms. The van der Waals surface area contributed by atoms with Crippen molar-refractivity contribution < 1.29 is 0 Å². The minimum atomic E-state index is 0.231. The summed E-state index contributed by atoms with van der Waals surface area (Å²) in [5.74, 6) is 0.789. The van der Waals surface area contributed by atoms with Gasteiger partial charge in [0.1, 0.15) is 0 Å². The molecule has 0 bridgehead atoms. The molecular formula is C75H39N11. The third-order valence-electron chi connectivity index (χ3n) is 15.9. The number of rotatable bonds is 9. The van der Waals surface area contributed by atoms with Crippen LogP contribution in [0.15, 0.2) is 237 Å². The number of aromatic nitrogens is 5. The highest BCUT2D eigenvalue weighted by Gasteiger charge is 2.25. The van der Waals surface area contributed by atoms with Gasteiger partial charge in [0, 0.05) is 38.2 Å². The second-order valence-corrected chi connectivity index (χ2v) is 20.6. The number of nitriles is 6. The minimum Gasteiger partial charge on any atom is -0.308 e. The molecule has 0 atom stereocenters. The van der Waals surface area contributed by atoms with E-state index in [1.165, 1.54) is 0 Å². The van der Waals surface area contributed by atoms with E-state index in [1.807, 2.05) is 140 Å². The first-order valence-electron chi connectivity index (χ1n) is 27.4. The summed E-state index contributed by atoms with van der Waals surface area (Å²) in [4.78, 5) is 16.0. The first kappa shape index (κ1) is 51.1. The Hall–Kier alpha value is -13.0. The van der Waals surface area contributed by atoms with Crippen LogP contribution in [0.3, 0.4) is 0 Å². The molecule has 0 N–H and O–H groups in total. The molecule has 394 valence electrons. The summed E-state index contributed by atoms with van der Waals surface area (Å²) in [5, 5.41) is 66.4. The molecule has 0 unspecified atom stereocenters. The summed E-state index contributed by atoms with van der Waals surface area (Å²) >= 11 is 0. The average molecular weight is 1090 g/mol. The van der Waals surface area contributed by atoms with Gasteiger partial charge in [0.25, 0.3) is 0 Å². The van der Waals surface area contributed by atoms with Gasteiger partial charge in [-0.25, -0.2) is 15.0 Å². The zero-order chi connectivity index (χ0) is 58.4. The highest BCUT2D eigenvalue weighted by atomic mass is 15.1. The van der Waals surface area contributed by atoms with E-state index in [4.69, 9.17) is 15.0 Å². The molecule has 3 aromatic heterocycles. The zero-order valence-corrected chi connectivity index (χ0v) is 45.4. The van der Waals surface area contributed by atoms with Gasteiger partial charge < -0.3 is 9.13 Å². The second kappa shape index (κ2) is 21.1. The van der Waals surface area contributed by atoms with Crippen molar-refractivity contribution in [3.8, 4) is 126 Å². The molecule has 0 amide bonds. The van der Waals surface area contributed by atoms with Gasteiger partial charge in [-0.2, -0.15) is 31.6 Å². The van der Waals surface area contributed by atoms with E-state index in [2.05, 4.69) is 94.1 Å². The van der Waals surface area contributed by atoms with Crippen LogP contribution in [-0.2, 0) is 0 Å². The molecule has 11 nitrogen and oxygen atoms in total. The molecule has 0 radical (unpaired) electrons. The normalized spacial score (nSPS) is 11.0. The van der Waals surface area contributed by atoms with Crippen molar-refractivity contribution in [3.63, 3.8) is 0 Å². The fourth-order valence-corrected chi connectivity index (χ4v) is 11.8. The van der Waals surface area contributed by atoms with E-state index >= 15 is 0 Å². The maximum absolute atomic E-state index is 10.8. The van der Waals surface area contributed by atoms with Gasteiger partial charge in [0.2, 0.25) is 0 Å². The van der Waals surface area contributed by atoms with E-state index in [0.717, 1.165) is 88.1 Å². The molecule has 86 heavy (non-hydrogen) atoms.